The molecule has 0 saturated carbocycles. The van der Waals surface area contributed by atoms with E-state index in [9.17, 15) is 4.79 Å². The Kier molecular flexibility index (Phi) is 4.79. The van der Waals surface area contributed by atoms with Crippen LogP contribution in [0.1, 0.15) is 5.56 Å². The van der Waals surface area contributed by atoms with Gasteiger partial charge in [-0.3, -0.25) is 4.79 Å². The maximum atomic E-state index is 11.8. The molecule has 19 heavy (non-hydrogen) atoms. The summed E-state index contributed by atoms with van der Waals surface area (Å²) in [5.74, 6) is -0.0517. The van der Waals surface area contributed by atoms with Crippen molar-refractivity contribution < 1.29 is 4.79 Å². The standard InChI is InChI=1S/C15H15IN2O/c1-11-9-12(16)7-8-14(11)17-10-15(19)18-13-5-3-2-4-6-13/h2-9,17H,10H2,1H3,(H,18,19). The molecule has 0 fully saturated rings. The fraction of sp³-hybridized carbons (Fsp3) is 0.133. The molecule has 1 amide bonds. The number of carbonyl (C=O) groups excluding carboxylic acids is 1. The first-order valence-electron chi connectivity index (χ1n) is 6.00. The summed E-state index contributed by atoms with van der Waals surface area (Å²) < 4.78 is 1.19. The number of anilines is 2. The van der Waals surface area contributed by atoms with Crippen LogP contribution in [0.15, 0.2) is 48.5 Å². The smallest absolute Gasteiger partial charge is 0.243 e. The van der Waals surface area contributed by atoms with E-state index in [2.05, 4.69) is 39.3 Å². The van der Waals surface area contributed by atoms with E-state index >= 15 is 0 Å². The number of hydrogen-bond donors (Lipinski definition) is 2. The highest BCUT2D eigenvalue weighted by Gasteiger charge is 2.03. The average molecular weight is 366 g/mol. The van der Waals surface area contributed by atoms with E-state index in [-0.39, 0.29) is 12.5 Å². The monoisotopic (exact) mass is 366 g/mol. The molecule has 0 spiro atoms. The zero-order valence-corrected chi connectivity index (χ0v) is 12.8. The lowest BCUT2D eigenvalue weighted by molar-refractivity contribution is -0.114. The lowest BCUT2D eigenvalue weighted by atomic mass is 10.2. The van der Waals surface area contributed by atoms with Crippen LogP contribution in [0.3, 0.4) is 0 Å². The van der Waals surface area contributed by atoms with Crippen molar-refractivity contribution in [2.45, 2.75) is 6.92 Å². The van der Waals surface area contributed by atoms with E-state index in [1.165, 1.54) is 3.57 Å². The Bertz CT molecular complexity index is 570. The zero-order valence-electron chi connectivity index (χ0n) is 10.6. The molecule has 0 heterocycles. The SMILES string of the molecule is Cc1cc(I)ccc1NCC(=O)Nc1ccccc1. The molecule has 0 radical (unpaired) electrons. The van der Waals surface area contributed by atoms with Gasteiger partial charge in [0.25, 0.3) is 0 Å². The van der Waals surface area contributed by atoms with Crippen LogP contribution in [0, 0.1) is 10.5 Å². The van der Waals surface area contributed by atoms with Gasteiger partial charge in [0.2, 0.25) is 5.91 Å². The summed E-state index contributed by atoms with van der Waals surface area (Å²) >= 11 is 2.27. The van der Waals surface area contributed by atoms with Crippen molar-refractivity contribution in [3.63, 3.8) is 0 Å². The second-order valence-corrected chi connectivity index (χ2v) is 5.47. The molecule has 0 aliphatic rings. The van der Waals surface area contributed by atoms with Gasteiger partial charge in [0.1, 0.15) is 0 Å². The number of hydrogen-bond acceptors (Lipinski definition) is 2. The summed E-state index contributed by atoms with van der Waals surface area (Å²) in [5.41, 5.74) is 2.94. The lowest BCUT2D eigenvalue weighted by Crippen LogP contribution is -2.22. The van der Waals surface area contributed by atoms with Crippen LogP contribution in [0.2, 0.25) is 0 Å². The molecule has 4 heteroatoms. The van der Waals surface area contributed by atoms with E-state index in [1.54, 1.807) is 0 Å². The van der Waals surface area contributed by atoms with Crippen LogP contribution in [0.4, 0.5) is 11.4 Å². The Labute approximate surface area is 126 Å². The normalized spacial score (nSPS) is 10.0. The molecule has 0 aliphatic carbocycles. The zero-order chi connectivity index (χ0) is 13.7. The van der Waals surface area contributed by atoms with Crippen molar-refractivity contribution in [1.29, 1.82) is 0 Å². The molecule has 2 aromatic rings. The summed E-state index contributed by atoms with van der Waals surface area (Å²) in [5, 5.41) is 5.98. The predicted molar refractivity (Wildman–Crippen MR) is 87.5 cm³/mol. The van der Waals surface area contributed by atoms with Crippen molar-refractivity contribution in [2.75, 3.05) is 17.2 Å². The maximum absolute atomic E-state index is 11.8. The first-order chi connectivity index (χ1) is 9.15. The minimum atomic E-state index is -0.0517. The third kappa shape index (κ3) is 4.24. The van der Waals surface area contributed by atoms with Gasteiger partial charge in [-0.25, -0.2) is 0 Å². The largest absolute Gasteiger partial charge is 0.376 e. The van der Waals surface area contributed by atoms with Crippen LogP contribution in [0.5, 0.6) is 0 Å². The van der Waals surface area contributed by atoms with Gasteiger partial charge in [-0.15, -0.1) is 0 Å². The quantitative estimate of drug-likeness (QED) is 0.812. The number of rotatable bonds is 4. The number of para-hydroxylation sites is 1. The molecular weight excluding hydrogens is 351 g/mol. The third-order valence-corrected chi connectivity index (χ3v) is 3.36. The molecule has 0 atom stereocenters. The molecule has 2 N–H and O–H groups in total. The molecule has 0 bridgehead atoms. The van der Waals surface area contributed by atoms with Crippen molar-refractivity contribution in [2.24, 2.45) is 0 Å². The number of nitrogens with one attached hydrogen (secondary N) is 2. The summed E-state index contributed by atoms with van der Waals surface area (Å²) in [6.45, 7) is 2.29. The molecular formula is C15H15IN2O. The summed E-state index contributed by atoms with van der Waals surface area (Å²) in [6.07, 6.45) is 0. The van der Waals surface area contributed by atoms with Crippen LogP contribution < -0.4 is 10.6 Å². The van der Waals surface area contributed by atoms with E-state index < -0.39 is 0 Å². The highest BCUT2D eigenvalue weighted by molar-refractivity contribution is 14.1. The van der Waals surface area contributed by atoms with Crippen molar-refractivity contribution in [3.8, 4) is 0 Å². The minimum Gasteiger partial charge on any atom is -0.376 e. The van der Waals surface area contributed by atoms with Gasteiger partial charge in [-0.1, -0.05) is 18.2 Å². The Morgan fingerprint density at radius 2 is 1.89 bits per heavy atom. The lowest BCUT2D eigenvalue weighted by Gasteiger charge is -2.10. The highest BCUT2D eigenvalue weighted by Crippen LogP contribution is 2.17. The Balaban J connectivity index is 1.90. The van der Waals surface area contributed by atoms with Crippen molar-refractivity contribution in [3.05, 3.63) is 57.7 Å². The van der Waals surface area contributed by atoms with Gasteiger partial charge >= 0.3 is 0 Å². The van der Waals surface area contributed by atoms with E-state index in [4.69, 9.17) is 0 Å². The topological polar surface area (TPSA) is 41.1 Å². The summed E-state index contributed by atoms with van der Waals surface area (Å²) in [4.78, 5) is 11.8. The van der Waals surface area contributed by atoms with E-state index in [0.29, 0.717) is 0 Å². The number of halogens is 1. The summed E-state index contributed by atoms with van der Waals surface area (Å²) in [7, 11) is 0. The number of benzene rings is 2. The number of carbonyl (C=O) groups is 1. The Morgan fingerprint density at radius 3 is 2.58 bits per heavy atom. The number of amides is 1. The van der Waals surface area contributed by atoms with Gasteiger partial charge in [0.15, 0.2) is 0 Å². The second kappa shape index (κ2) is 6.56. The highest BCUT2D eigenvalue weighted by atomic mass is 127. The molecule has 0 aromatic heterocycles. The minimum absolute atomic E-state index is 0.0517. The summed E-state index contributed by atoms with van der Waals surface area (Å²) in [6, 6.07) is 15.5. The van der Waals surface area contributed by atoms with E-state index in [0.717, 1.165) is 16.9 Å². The van der Waals surface area contributed by atoms with Gasteiger partial charge in [-0.05, 0) is 65.4 Å². The van der Waals surface area contributed by atoms with Gasteiger partial charge in [-0.2, -0.15) is 0 Å². The third-order valence-electron chi connectivity index (χ3n) is 2.69. The second-order valence-electron chi connectivity index (χ2n) is 4.23. The van der Waals surface area contributed by atoms with E-state index in [1.807, 2.05) is 49.4 Å². The first kappa shape index (κ1) is 13.9. The first-order valence-corrected chi connectivity index (χ1v) is 7.08. The molecule has 2 aromatic carbocycles. The average Bonchev–Trinajstić information content (AvgIpc) is 2.39. The Morgan fingerprint density at radius 1 is 1.16 bits per heavy atom. The molecule has 2 rings (SSSR count). The number of aryl methyl sites for hydroxylation is 1. The fourth-order valence-electron chi connectivity index (χ4n) is 1.73. The predicted octanol–water partition coefficient (Wildman–Crippen LogP) is 3.65. The molecule has 0 aliphatic heterocycles. The molecule has 0 saturated heterocycles. The van der Waals surface area contributed by atoms with Crippen LogP contribution in [0.25, 0.3) is 0 Å². The van der Waals surface area contributed by atoms with Crippen LogP contribution >= 0.6 is 22.6 Å². The molecule has 3 nitrogen and oxygen atoms in total. The van der Waals surface area contributed by atoms with Crippen molar-refractivity contribution in [1.82, 2.24) is 0 Å². The fourth-order valence-corrected chi connectivity index (χ4v) is 2.37. The van der Waals surface area contributed by atoms with Crippen molar-refractivity contribution >= 4 is 39.9 Å². The van der Waals surface area contributed by atoms with Crippen LogP contribution in [-0.4, -0.2) is 12.5 Å². The molecule has 0 unspecified atom stereocenters. The van der Waals surface area contributed by atoms with Gasteiger partial charge in [0, 0.05) is 14.9 Å². The Hall–Kier alpha value is -1.56. The molecule has 98 valence electrons. The van der Waals surface area contributed by atoms with Crippen LogP contribution in [-0.2, 0) is 4.79 Å². The van der Waals surface area contributed by atoms with Gasteiger partial charge in [0.05, 0.1) is 6.54 Å². The maximum Gasteiger partial charge on any atom is 0.243 e. The van der Waals surface area contributed by atoms with Gasteiger partial charge < -0.3 is 10.6 Å².